The third-order valence-corrected chi connectivity index (χ3v) is 3.86. The molecule has 0 spiro atoms. The minimum absolute atomic E-state index is 0.0129. The molecule has 1 rings (SSSR count). The van der Waals surface area contributed by atoms with Crippen molar-refractivity contribution in [2.75, 3.05) is 32.1 Å². The molecule has 0 aromatic heterocycles. The molecule has 0 saturated carbocycles. The van der Waals surface area contributed by atoms with Gasteiger partial charge in [-0.15, -0.1) is 0 Å². The van der Waals surface area contributed by atoms with E-state index in [0.29, 0.717) is 0 Å². The van der Waals surface area contributed by atoms with Gasteiger partial charge in [0.25, 0.3) is 0 Å². The number of aliphatic hydroxyl groups is 1. The first kappa shape index (κ1) is 15.7. The zero-order valence-electron chi connectivity index (χ0n) is 10.8. The Bertz CT molecular complexity index is 463. The van der Waals surface area contributed by atoms with Gasteiger partial charge in [0.1, 0.15) is 15.9 Å². The number of carbonyl (C=O) groups is 2. The van der Waals surface area contributed by atoms with Crippen LogP contribution in [-0.2, 0) is 14.6 Å². The highest BCUT2D eigenvalue weighted by molar-refractivity contribution is 7.90. The number of carbonyl (C=O) groups excluding carboxylic acids is 1. The van der Waals surface area contributed by atoms with Crippen LogP contribution in [0.2, 0.25) is 0 Å². The van der Waals surface area contributed by atoms with E-state index in [9.17, 15) is 23.1 Å². The highest BCUT2D eigenvalue weighted by Gasteiger charge is 2.40. The smallest absolute Gasteiger partial charge is 0.326 e. The van der Waals surface area contributed by atoms with Crippen LogP contribution in [0.5, 0.6) is 0 Å². The van der Waals surface area contributed by atoms with Crippen LogP contribution in [-0.4, -0.2) is 84.7 Å². The third-order valence-electron chi connectivity index (χ3n) is 2.93. The van der Waals surface area contributed by atoms with Crippen molar-refractivity contribution in [1.82, 2.24) is 9.80 Å². The summed E-state index contributed by atoms with van der Waals surface area (Å²) in [6, 6.07) is -1.66. The molecule has 0 radical (unpaired) electrons. The molecule has 0 aromatic rings. The molecule has 8 nitrogen and oxygen atoms in total. The minimum atomic E-state index is -3.19. The van der Waals surface area contributed by atoms with E-state index in [4.69, 9.17) is 5.11 Å². The van der Waals surface area contributed by atoms with Crippen molar-refractivity contribution in [1.29, 1.82) is 0 Å². The molecule has 19 heavy (non-hydrogen) atoms. The maximum Gasteiger partial charge on any atom is 0.326 e. The molecular weight excluding hydrogens is 276 g/mol. The van der Waals surface area contributed by atoms with E-state index in [1.807, 2.05) is 0 Å². The van der Waals surface area contributed by atoms with Gasteiger partial charge < -0.3 is 20.0 Å². The van der Waals surface area contributed by atoms with Crippen molar-refractivity contribution in [3.05, 3.63) is 0 Å². The van der Waals surface area contributed by atoms with Gasteiger partial charge in [-0.05, 0) is 0 Å². The van der Waals surface area contributed by atoms with Crippen molar-refractivity contribution in [2.45, 2.75) is 18.6 Å². The zero-order chi connectivity index (χ0) is 14.8. The average molecular weight is 294 g/mol. The number of rotatable bonds is 4. The van der Waals surface area contributed by atoms with Crippen molar-refractivity contribution >= 4 is 21.8 Å². The van der Waals surface area contributed by atoms with E-state index < -0.39 is 34.0 Å². The maximum absolute atomic E-state index is 12.0. The van der Waals surface area contributed by atoms with Crippen molar-refractivity contribution in [2.24, 2.45) is 0 Å². The quantitative estimate of drug-likeness (QED) is 0.659. The van der Waals surface area contributed by atoms with Crippen LogP contribution in [0.4, 0.5) is 4.79 Å². The lowest BCUT2D eigenvalue weighted by atomic mass is 10.2. The summed E-state index contributed by atoms with van der Waals surface area (Å²) in [7, 11) is -1.80. The van der Waals surface area contributed by atoms with Crippen LogP contribution in [0, 0.1) is 0 Å². The number of likely N-dealkylation sites (tertiary alicyclic amines) is 1. The molecule has 1 aliphatic rings. The number of sulfone groups is 1. The first-order valence-electron chi connectivity index (χ1n) is 5.72. The number of hydrogen-bond acceptors (Lipinski definition) is 5. The molecule has 2 atom stereocenters. The number of hydrogen-bond donors (Lipinski definition) is 2. The van der Waals surface area contributed by atoms with Crippen LogP contribution in [0.25, 0.3) is 0 Å². The standard InChI is InChI=1S/C10H18N2O6S/c1-11(3-4-19(2,17)18)10(16)12-6-7(13)5-8(12)9(14)15/h7-8,13H,3-6H2,1-2H3,(H,14,15)/t7?,8-/m0/s1. The summed E-state index contributed by atoms with van der Waals surface area (Å²) in [4.78, 5) is 25.2. The molecule has 9 heteroatoms. The fourth-order valence-corrected chi connectivity index (χ4v) is 2.48. The lowest BCUT2D eigenvalue weighted by Crippen LogP contribution is -2.47. The Morgan fingerprint density at radius 1 is 1.42 bits per heavy atom. The Balaban J connectivity index is 2.68. The predicted octanol–water partition coefficient (Wildman–Crippen LogP) is -1.40. The third kappa shape index (κ3) is 4.35. The number of carboxylic acids is 1. The molecule has 0 aromatic carbocycles. The normalized spacial score (nSPS) is 23.4. The van der Waals surface area contributed by atoms with E-state index in [0.717, 1.165) is 16.1 Å². The van der Waals surface area contributed by atoms with E-state index in [1.165, 1.54) is 7.05 Å². The van der Waals surface area contributed by atoms with E-state index in [1.54, 1.807) is 0 Å². The predicted molar refractivity (Wildman–Crippen MR) is 66.5 cm³/mol. The number of amides is 2. The summed E-state index contributed by atoms with van der Waals surface area (Å²) in [5, 5.41) is 18.4. The molecule has 1 unspecified atom stereocenters. The summed E-state index contributed by atoms with van der Waals surface area (Å²) in [5.74, 6) is -1.37. The van der Waals surface area contributed by atoms with Gasteiger partial charge in [-0.25, -0.2) is 18.0 Å². The molecule has 0 aliphatic carbocycles. The first-order chi connectivity index (χ1) is 8.61. The highest BCUT2D eigenvalue weighted by atomic mass is 32.2. The molecule has 1 aliphatic heterocycles. The van der Waals surface area contributed by atoms with Crippen LogP contribution in [0.1, 0.15) is 6.42 Å². The highest BCUT2D eigenvalue weighted by Crippen LogP contribution is 2.19. The van der Waals surface area contributed by atoms with E-state index in [-0.39, 0.29) is 25.3 Å². The molecule has 0 bridgehead atoms. The average Bonchev–Trinajstić information content (AvgIpc) is 2.66. The second-order valence-electron chi connectivity index (χ2n) is 4.73. The molecule has 110 valence electrons. The summed E-state index contributed by atoms with van der Waals surface area (Å²) in [5.41, 5.74) is 0. The van der Waals surface area contributed by atoms with Crippen LogP contribution < -0.4 is 0 Å². The molecular formula is C10H18N2O6S. The molecule has 2 N–H and O–H groups in total. The zero-order valence-corrected chi connectivity index (χ0v) is 11.6. The monoisotopic (exact) mass is 294 g/mol. The number of β-amino-alcohol motifs (C(OH)–C–C–N with tert-alkyl or cyclic N) is 1. The Morgan fingerprint density at radius 2 is 2.00 bits per heavy atom. The SMILES string of the molecule is CN(CCS(C)(=O)=O)C(=O)N1CC(O)C[C@H]1C(=O)O. The molecule has 1 fully saturated rings. The number of aliphatic carboxylic acids is 1. The van der Waals surface area contributed by atoms with Gasteiger partial charge in [-0.3, -0.25) is 0 Å². The fraction of sp³-hybridized carbons (Fsp3) is 0.800. The largest absolute Gasteiger partial charge is 0.480 e. The Labute approximate surface area is 111 Å². The molecule has 1 saturated heterocycles. The number of aliphatic hydroxyl groups excluding tert-OH is 1. The first-order valence-corrected chi connectivity index (χ1v) is 7.78. The summed E-state index contributed by atoms with van der Waals surface area (Å²) in [6.45, 7) is -0.0738. The topological polar surface area (TPSA) is 115 Å². The number of nitrogens with zero attached hydrogens (tertiary/aromatic N) is 2. The van der Waals surface area contributed by atoms with Gasteiger partial charge in [0.2, 0.25) is 0 Å². The van der Waals surface area contributed by atoms with Gasteiger partial charge in [-0.1, -0.05) is 0 Å². The van der Waals surface area contributed by atoms with E-state index in [2.05, 4.69) is 0 Å². The summed E-state index contributed by atoms with van der Waals surface area (Å²) >= 11 is 0. The lowest BCUT2D eigenvalue weighted by molar-refractivity contribution is -0.141. The summed E-state index contributed by atoms with van der Waals surface area (Å²) < 4.78 is 22.0. The van der Waals surface area contributed by atoms with Crippen molar-refractivity contribution < 1.29 is 28.2 Å². The van der Waals surface area contributed by atoms with Gasteiger partial charge in [0.15, 0.2) is 0 Å². The second kappa shape index (κ2) is 5.74. The summed E-state index contributed by atoms with van der Waals surface area (Å²) in [6.07, 6.45) is 0.180. The lowest BCUT2D eigenvalue weighted by Gasteiger charge is -2.27. The number of carboxylic acid groups (broad SMARTS) is 1. The fourth-order valence-electron chi connectivity index (χ4n) is 1.88. The Hall–Kier alpha value is -1.35. The van der Waals surface area contributed by atoms with Crippen LogP contribution >= 0.6 is 0 Å². The van der Waals surface area contributed by atoms with Crippen LogP contribution in [0.15, 0.2) is 0 Å². The van der Waals surface area contributed by atoms with Crippen molar-refractivity contribution in [3.63, 3.8) is 0 Å². The molecule has 1 heterocycles. The molecule has 2 amide bonds. The number of urea groups is 1. The second-order valence-corrected chi connectivity index (χ2v) is 6.99. The van der Waals surface area contributed by atoms with Gasteiger partial charge in [0, 0.05) is 32.8 Å². The van der Waals surface area contributed by atoms with Crippen LogP contribution in [0.3, 0.4) is 0 Å². The Morgan fingerprint density at radius 3 is 2.47 bits per heavy atom. The van der Waals surface area contributed by atoms with Crippen molar-refractivity contribution in [3.8, 4) is 0 Å². The van der Waals surface area contributed by atoms with Gasteiger partial charge in [-0.2, -0.15) is 0 Å². The maximum atomic E-state index is 12.0. The van der Waals surface area contributed by atoms with Gasteiger partial charge >= 0.3 is 12.0 Å². The van der Waals surface area contributed by atoms with Gasteiger partial charge in [0.05, 0.1) is 11.9 Å². The van der Waals surface area contributed by atoms with E-state index >= 15 is 0 Å². The minimum Gasteiger partial charge on any atom is -0.480 e. The Kier molecular flexibility index (Phi) is 4.75.